The molecule has 31 heavy (non-hydrogen) atoms. The number of carbonyl (C=O) groups excluding carboxylic acids is 1. The third-order valence-corrected chi connectivity index (χ3v) is 6.34. The summed E-state index contributed by atoms with van der Waals surface area (Å²) in [4.78, 5) is 15.2. The van der Waals surface area contributed by atoms with Crippen molar-refractivity contribution in [2.24, 2.45) is 0 Å². The van der Waals surface area contributed by atoms with Gasteiger partial charge in [0.1, 0.15) is 11.6 Å². The molecule has 3 rings (SSSR count). The molecule has 0 saturated carbocycles. The van der Waals surface area contributed by atoms with Gasteiger partial charge in [-0.1, -0.05) is 37.6 Å². The molecule has 2 aromatic rings. The highest BCUT2D eigenvalue weighted by Crippen LogP contribution is 2.44. The second-order valence-electron chi connectivity index (χ2n) is 8.94. The molecule has 0 fully saturated rings. The lowest BCUT2D eigenvalue weighted by Gasteiger charge is -2.48. The minimum absolute atomic E-state index is 0.0529. The fraction of sp³-hybridized carbons (Fsp3) is 0.385. The lowest BCUT2D eigenvalue weighted by molar-refractivity contribution is -0.112. The van der Waals surface area contributed by atoms with Crippen LogP contribution >= 0.6 is 11.6 Å². The molecule has 1 N–H and O–H groups in total. The zero-order valence-electron chi connectivity index (χ0n) is 18.9. The number of hydrogen-bond donors (Lipinski definition) is 1. The summed E-state index contributed by atoms with van der Waals surface area (Å²) in [7, 11) is 0. The van der Waals surface area contributed by atoms with Crippen LogP contribution in [0, 0.1) is 18.3 Å². The highest BCUT2D eigenvalue weighted by atomic mass is 35.5. The van der Waals surface area contributed by atoms with Gasteiger partial charge in [0.15, 0.2) is 0 Å². The molecule has 0 radical (unpaired) electrons. The highest BCUT2D eigenvalue weighted by Gasteiger charge is 2.36. The van der Waals surface area contributed by atoms with Crippen LogP contribution in [0.3, 0.4) is 0 Å². The maximum Gasteiger partial charge on any atom is 0.266 e. The Morgan fingerprint density at radius 2 is 2.06 bits per heavy atom. The van der Waals surface area contributed by atoms with Gasteiger partial charge in [0.05, 0.1) is 10.7 Å². The molecule has 1 heterocycles. The highest BCUT2D eigenvalue weighted by molar-refractivity contribution is 6.34. The van der Waals surface area contributed by atoms with Gasteiger partial charge in [-0.05, 0) is 86.6 Å². The Morgan fingerprint density at radius 3 is 2.71 bits per heavy atom. The first-order valence-electron chi connectivity index (χ1n) is 10.8. The number of carbonyl (C=O) groups is 1. The summed E-state index contributed by atoms with van der Waals surface area (Å²) < 4.78 is 0. The van der Waals surface area contributed by atoms with Crippen molar-refractivity contribution in [2.75, 3.05) is 16.8 Å². The summed E-state index contributed by atoms with van der Waals surface area (Å²) in [5.74, 6) is -0.0668. The van der Waals surface area contributed by atoms with Crippen LogP contribution in [-0.4, -0.2) is 18.0 Å². The molecule has 1 unspecified atom stereocenters. The number of nitrogens with zero attached hydrogens (tertiary/aromatic N) is 2. The van der Waals surface area contributed by atoms with Gasteiger partial charge in [-0.15, -0.1) is 0 Å². The fourth-order valence-electron chi connectivity index (χ4n) is 4.51. The van der Waals surface area contributed by atoms with E-state index >= 15 is 0 Å². The average Bonchev–Trinajstić information content (AvgIpc) is 2.71. The molecule has 0 spiro atoms. The van der Waals surface area contributed by atoms with Crippen molar-refractivity contribution in [3.05, 3.63) is 63.7 Å². The first-order chi connectivity index (χ1) is 14.7. The van der Waals surface area contributed by atoms with E-state index in [1.165, 1.54) is 11.3 Å². The molecule has 1 atom stereocenters. The van der Waals surface area contributed by atoms with Crippen LogP contribution in [0.1, 0.15) is 63.1 Å². The first kappa shape index (κ1) is 22.9. The van der Waals surface area contributed by atoms with Crippen LogP contribution in [0.4, 0.5) is 11.4 Å². The van der Waals surface area contributed by atoms with Gasteiger partial charge < -0.3 is 10.2 Å². The summed E-state index contributed by atoms with van der Waals surface area (Å²) in [6.45, 7) is 12.1. The van der Waals surface area contributed by atoms with Crippen molar-refractivity contribution in [2.45, 2.75) is 58.9 Å². The molecular weight excluding hydrogens is 406 g/mol. The standard InChI is InChI=1S/C26H30ClN3O/c1-6-11-30-24-12-17(2)19(14-21(24)18(3)15-26(30,4)5)13-20(16-28)25(31)29-23-10-8-7-9-22(23)27/h7-10,12-14,18H,6,11,15H2,1-5H3,(H,29,31)/b20-13+. The quantitative estimate of drug-likeness (QED) is 0.420. The Morgan fingerprint density at radius 1 is 1.35 bits per heavy atom. The third-order valence-electron chi connectivity index (χ3n) is 6.01. The largest absolute Gasteiger partial charge is 0.366 e. The Balaban J connectivity index is 1.98. The van der Waals surface area contributed by atoms with Crippen molar-refractivity contribution < 1.29 is 4.79 Å². The number of rotatable bonds is 5. The van der Waals surface area contributed by atoms with Crippen molar-refractivity contribution in [3.8, 4) is 6.07 Å². The molecule has 0 saturated heterocycles. The lowest BCUT2D eigenvalue weighted by Crippen LogP contribution is -2.48. The molecular formula is C26H30ClN3O. The smallest absolute Gasteiger partial charge is 0.266 e. The Labute approximate surface area is 190 Å². The Hall–Kier alpha value is -2.77. The average molecular weight is 436 g/mol. The molecule has 0 bridgehead atoms. The number of nitrogens with one attached hydrogen (secondary N) is 1. The predicted molar refractivity (Wildman–Crippen MR) is 130 cm³/mol. The predicted octanol–water partition coefficient (Wildman–Crippen LogP) is 6.70. The van der Waals surface area contributed by atoms with E-state index in [2.05, 4.69) is 50.0 Å². The van der Waals surface area contributed by atoms with E-state index in [1.54, 1.807) is 30.3 Å². The van der Waals surface area contributed by atoms with Crippen LogP contribution in [0.15, 0.2) is 42.0 Å². The van der Waals surface area contributed by atoms with Crippen LogP contribution in [0.25, 0.3) is 6.08 Å². The molecule has 162 valence electrons. The monoisotopic (exact) mass is 435 g/mol. The number of para-hydroxylation sites is 1. The zero-order chi connectivity index (χ0) is 22.8. The molecule has 1 aliphatic heterocycles. The number of aryl methyl sites for hydroxylation is 1. The van der Waals surface area contributed by atoms with Crippen molar-refractivity contribution in [1.29, 1.82) is 5.26 Å². The van der Waals surface area contributed by atoms with Crippen LogP contribution in [-0.2, 0) is 4.79 Å². The Bertz CT molecular complexity index is 1060. The van der Waals surface area contributed by atoms with Crippen LogP contribution < -0.4 is 10.2 Å². The van der Waals surface area contributed by atoms with Crippen molar-refractivity contribution in [3.63, 3.8) is 0 Å². The number of amides is 1. The van der Waals surface area contributed by atoms with Gasteiger partial charge in [-0.25, -0.2) is 0 Å². The fourth-order valence-corrected chi connectivity index (χ4v) is 4.69. The Kier molecular flexibility index (Phi) is 6.77. The second kappa shape index (κ2) is 9.16. The molecule has 1 amide bonds. The number of hydrogen-bond acceptors (Lipinski definition) is 3. The van der Waals surface area contributed by atoms with E-state index in [1.807, 2.05) is 13.0 Å². The zero-order valence-corrected chi connectivity index (χ0v) is 19.7. The van der Waals surface area contributed by atoms with E-state index < -0.39 is 5.91 Å². The van der Waals surface area contributed by atoms with Gasteiger partial charge in [0.2, 0.25) is 0 Å². The minimum atomic E-state index is -0.463. The van der Waals surface area contributed by atoms with E-state index in [9.17, 15) is 10.1 Å². The molecule has 2 aromatic carbocycles. The molecule has 1 aliphatic rings. The number of nitriles is 1. The molecule has 5 heteroatoms. The van der Waals surface area contributed by atoms with Crippen LogP contribution in [0.5, 0.6) is 0 Å². The number of fused-ring (bicyclic) bond motifs is 1. The molecule has 4 nitrogen and oxygen atoms in total. The number of anilines is 2. The maximum atomic E-state index is 12.7. The summed E-state index contributed by atoms with van der Waals surface area (Å²) in [5.41, 5.74) is 5.11. The van der Waals surface area contributed by atoms with Gasteiger partial charge >= 0.3 is 0 Å². The van der Waals surface area contributed by atoms with Gasteiger partial charge in [0, 0.05) is 17.8 Å². The van der Waals surface area contributed by atoms with Gasteiger partial charge in [-0.2, -0.15) is 5.26 Å². The summed E-state index contributed by atoms with van der Waals surface area (Å²) in [5, 5.41) is 12.8. The van der Waals surface area contributed by atoms with E-state index in [-0.39, 0.29) is 11.1 Å². The maximum absolute atomic E-state index is 12.7. The second-order valence-corrected chi connectivity index (χ2v) is 9.35. The minimum Gasteiger partial charge on any atom is -0.366 e. The summed E-state index contributed by atoms with van der Waals surface area (Å²) in [6.07, 6.45) is 3.82. The summed E-state index contributed by atoms with van der Waals surface area (Å²) >= 11 is 6.14. The number of halogens is 1. The van der Waals surface area contributed by atoms with Gasteiger partial charge in [-0.3, -0.25) is 4.79 Å². The van der Waals surface area contributed by atoms with Crippen molar-refractivity contribution >= 4 is 35.0 Å². The van der Waals surface area contributed by atoms with E-state index in [0.717, 1.165) is 30.5 Å². The number of benzene rings is 2. The van der Waals surface area contributed by atoms with E-state index in [0.29, 0.717) is 16.6 Å². The first-order valence-corrected chi connectivity index (χ1v) is 11.2. The van der Waals surface area contributed by atoms with Crippen molar-refractivity contribution in [1.82, 2.24) is 0 Å². The van der Waals surface area contributed by atoms with Gasteiger partial charge in [0.25, 0.3) is 5.91 Å². The topological polar surface area (TPSA) is 56.1 Å². The molecule has 0 aromatic heterocycles. The summed E-state index contributed by atoms with van der Waals surface area (Å²) in [6, 6.07) is 13.4. The van der Waals surface area contributed by atoms with Crippen LogP contribution in [0.2, 0.25) is 5.02 Å². The lowest BCUT2D eigenvalue weighted by atomic mass is 9.78. The SMILES string of the molecule is CCCN1c2cc(C)c(/C=C(\C#N)C(=O)Nc3ccccc3Cl)cc2C(C)CC1(C)C. The molecule has 0 aliphatic carbocycles. The third kappa shape index (κ3) is 4.78. The normalized spacial score (nSPS) is 17.6. The van der Waals surface area contributed by atoms with E-state index in [4.69, 9.17) is 11.6 Å².